The summed E-state index contributed by atoms with van der Waals surface area (Å²) in [6, 6.07) is 2.27. The van der Waals surface area contributed by atoms with Gasteiger partial charge in [-0.2, -0.15) is 0 Å². The first-order valence-corrected chi connectivity index (χ1v) is 6.69. The Morgan fingerprint density at radius 3 is 2.15 bits per heavy atom. The molecule has 110 valence electrons. The van der Waals surface area contributed by atoms with E-state index in [9.17, 15) is 9.59 Å². The van der Waals surface area contributed by atoms with E-state index in [0.717, 1.165) is 0 Å². The minimum atomic E-state index is -1.08. The molecule has 0 saturated carbocycles. The Bertz CT molecular complexity index is 524. The maximum Gasteiger partial charge on any atom is 0.319 e. The zero-order valence-electron chi connectivity index (χ0n) is 10.8. The van der Waals surface area contributed by atoms with Crippen LogP contribution >= 0.6 is 34.8 Å². The molecule has 2 amide bonds. The van der Waals surface area contributed by atoms with Gasteiger partial charge in [-0.1, -0.05) is 34.8 Å². The van der Waals surface area contributed by atoms with Gasteiger partial charge in [0.05, 0.1) is 21.1 Å². The predicted octanol–water partition coefficient (Wildman–Crippen LogP) is 3.88. The summed E-state index contributed by atoms with van der Waals surface area (Å²) >= 11 is 17.6. The average Bonchev–Trinajstić information content (AvgIpc) is 2.31. The molecular weight excluding hydrogens is 327 g/mol. The molecule has 5 nitrogen and oxygen atoms in total. The number of carbonyl (C=O) groups is 2. The van der Waals surface area contributed by atoms with Crippen molar-refractivity contribution < 1.29 is 14.7 Å². The second-order valence-corrected chi connectivity index (χ2v) is 5.99. The molecule has 1 rings (SSSR count). The Morgan fingerprint density at radius 1 is 1.20 bits per heavy atom. The molecule has 0 heterocycles. The zero-order valence-corrected chi connectivity index (χ0v) is 13.0. The summed E-state index contributed by atoms with van der Waals surface area (Å²) in [5, 5.41) is 14.6. The number of carboxylic acid groups (broad SMARTS) is 1. The summed E-state index contributed by atoms with van der Waals surface area (Å²) in [4.78, 5) is 22.6. The number of carbonyl (C=O) groups excluding carboxylic acids is 1. The normalized spacial score (nSPS) is 11.1. The third kappa shape index (κ3) is 4.44. The van der Waals surface area contributed by atoms with Crippen LogP contribution in [0.25, 0.3) is 0 Å². The molecular formula is C12H13Cl3N2O3. The van der Waals surface area contributed by atoms with Crippen molar-refractivity contribution in [2.24, 2.45) is 5.41 Å². The van der Waals surface area contributed by atoms with Crippen LogP contribution in [0.5, 0.6) is 0 Å². The minimum Gasteiger partial charge on any atom is -0.481 e. The standard InChI is InChI=1S/C12H13Cl3N2O3/c1-12(2,10(18)19)5-16-11(20)17-9-7(14)3-6(13)4-8(9)15/h3-4H,5H2,1-2H3,(H,18,19)(H2,16,17,20). The van der Waals surface area contributed by atoms with Gasteiger partial charge < -0.3 is 15.7 Å². The summed E-state index contributed by atoms with van der Waals surface area (Å²) in [6.45, 7) is 2.95. The van der Waals surface area contributed by atoms with E-state index in [0.29, 0.717) is 5.02 Å². The van der Waals surface area contributed by atoms with Gasteiger partial charge in [0.25, 0.3) is 0 Å². The number of nitrogens with one attached hydrogen (secondary N) is 2. The summed E-state index contributed by atoms with van der Waals surface area (Å²) in [6.07, 6.45) is 0. The lowest BCUT2D eigenvalue weighted by molar-refractivity contribution is -0.146. The number of urea groups is 1. The molecule has 0 fully saturated rings. The number of carboxylic acids is 1. The van der Waals surface area contributed by atoms with Crippen molar-refractivity contribution in [2.45, 2.75) is 13.8 Å². The second-order valence-electron chi connectivity index (χ2n) is 4.74. The van der Waals surface area contributed by atoms with E-state index >= 15 is 0 Å². The van der Waals surface area contributed by atoms with Crippen molar-refractivity contribution in [3.8, 4) is 0 Å². The van der Waals surface area contributed by atoms with Crippen molar-refractivity contribution in [1.29, 1.82) is 0 Å². The number of hydrogen-bond acceptors (Lipinski definition) is 2. The van der Waals surface area contributed by atoms with Gasteiger partial charge >= 0.3 is 12.0 Å². The fraction of sp³-hybridized carbons (Fsp3) is 0.333. The first-order valence-electron chi connectivity index (χ1n) is 5.56. The molecule has 0 spiro atoms. The summed E-state index contributed by atoms with van der Waals surface area (Å²) in [7, 11) is 0. The highest BCUT2D eigenvalue weighted by atomic mass is 35.5. The van der Waals surface area contributed by atoms with Crippen LogP contribution in [-0.2, 0) is 4.79 Å². The van der Waals surface area contributed by atoms with Gasteiger partial charge in [0.2, 0.25) is 0 Å². The predicted molar refractivity (Wildman–Crippen MR) is 79.9 cm³/mol. The maximum atomic E-state index is 11.7. The lowest BCUT2D eigenvalue weighted by Crippen LogP contribution is -2.40. The van der Waals surface area contributed by atoms with Crippen LogP contribution in [0.1, 0.15) is 13.8 Å². The average molecular weight is 340 g/mol. The van der Waals surface area contributed by atoms with Crippen molar-refractivity contribution >= 4 is 52.5 Å². The summed E-state index contributed by atoms with van der Waals surface area (Å²) in [5.41, 5.74) is -0.867. The molecule has 0 bridgehead atoms. The van der Waals surface area contributed by atoms with E-state index in [1.54, 1.807) is 0 Å². The number of aliphatic carboxylic acids is 1. The molecule has 3 N–H and O–H groups in total. The van der Waals surface area contributed by atoms with Gasteiger partial charge in [-0.25, -0.2) is 4.79 Å². The van der Waals surface area contributed by atoms with Crippen molar-refractivity contribution in [2.75, 3.05) is 11.9 Å². The smallest absolute Gasteiger partial charge is 0.319 e. The molecule has 0 aromatic heterocycles. The Labute approximate surface area is 131 Å². The topological polar surface area (TPSA) is 78.4 Å². The van der Waals surface area contributed by atoms with Gasteiger partial charge in [-0.15, -0.1) is 0 Å². The minimum absolute atomic E-state index is 0.0446. The summed E-state index contributed by atoms with van der Waals surface area (Å²) in [5.74, 6) is -1.01. The third-order valence-corrected chi connectivity index (χ3v) is 3.33. The van der Waals surface area contributed by atoms with Crippen LogP contribution in [-0.4, -0.2) is 23.7 Å². The molecule has 0 atom stereocenters. The molecule has 1 aromatic rings. The largest absolute Gasteiger partial charge is 0.481 e. The third-order valence-electron chi connectivity index (χ3n) is 2.52. The van der Waals surface area contributed by atoms with E-state index in [4.69, 9.17) is 39.9 Å². The Morgan fingerprint density at radius 2 is 1.70 bits per heavy atom. The van der Waals surface area contributed by atoms with Crippen LogP contribution < -0.4 is 10.6 Å². The summed E-state index contributed by atoms with van der Waals surface area (Å²) < 4.78 is 0. The highest BCUT2D eigenvalue weighted by Crippen LogP contribution is 2.33. The highest BCUT2D eigenvalue weighted by molar-refractivity contribution is 6.42. The number of benzene rings is 1. The number of halogens is 3. The Balaban J connectivity index is 2.71. The first kappa shape index (κ1) is 16.9. The monoisotopic (exact) mass is 338 g/mol. The fourth-order valence-electron chi connectivity index (χ4n) is 1.20. The van der Waals surface area contributed by atoms with Crippen molar-refractivity contribution in [1.82, 2.24) is 5.32 Å². The number of amides is 2. The van der Waals surface area contributed by atoms with Gasteiger partial charge in [0.15, 0.2) is 0 Å². The van der Waals surface area contributed by atoms with E-state index in [2.05, 4.69) is 10.6 Å². The molecule has 0 saturated heterocycles. The first-order chi connectivity index (χ1) is 9.13. The van der Waals surface area contributed by atoms with Crippen LogP contribution in [0.4, 0.5) is 10.5 Å². The van der Waals surface area contributed by atoms with Gasteiger partial charge in [-0.05, 0) is 26.0 Å². The highest BCUT2D eigenvalue weighted by Gasteiger charge is 2.27. The number of rotatable bonds is 4. The SMILES string of the molecule is CC(C)(CNC(=O)Nc1c(Cl)cc(Cl)cc1Cl)C(=O)O. The quantitative estimate of drug-likeness (QED) is 0.779. The van der Waals surface area contributed by atoms with Crippen LogP contribution in [0.3, 0.4) is 0 Å². The van der Waals surface area contributed by atoms with E-state index in [-0.39, 0.29) is 22.3 Å². The maximum absolute atomic E-state index is 11.7. The van der Waals surface area contributed by atoms with Gasteiger partial charge in [0.1, 0.15) is 0 Å². The lowest BCUT2D eigenvalue weighted by atomic mass is 9.94. The van der Waals surface area contributed by atoms with Gasteiger partial charge in [0, 0.05) is 11.6 Å². The van der Waals surface area contributed by atoms with Crippen LogP contribution in [0.2, 0.25) is 15.1 Å². The molecule has 0 unspecified atom stereocenters. The lowest BCUT2D eigenvalue weighted by Gasteiger charge is -2.20. The number of anilines is 1. The molecule has 0 aliphatic heterocycles. The van der Waals surface area contributed by atoms with Crippen molar-refractivity contribution in [3.63, 3.8) is 0 Å². The molecule has 20 heavy (non-hydrogen) atoms. The van der Waals surface area contributed by atoms with E-state index in [1.807, 2.05) is 0 Å². The Kier molecular flexibility index (Phi) is 5.50. The Hall–Kier alpha value is -1.17. The van der Waals surface area contributed by atoms with E-state index in [1.165, 1.54) is 26.0 Å². The molecule has 0 aliphatic rings. The molecule has 1 aromatic carbocycles. The fourth-order valence-corrected chi connectivity index (χ4v) is 2.11. The zero-order chi connectivity index (χ0) is 15.5. The van der Waals surface area contributed by atoms with Crippen LogP contribution in [0, 0.1) is 5.41 Å². The molecule has 0 aliphatic carbocycles. The second kappa shape index (κ2) is 6.52. The van der Waals surface area contributed by atoms with Gasteiger partial charge in [-0.3, -0.25) is 4.79 Å². The van der Waals surface area contributed by atoms with Crippen molar-refractivity contribution in [3.05, 3.63) is 27.2 Å². The molecule has 8 heteroatoms. The van der Waals surface area contributed by atoms with E-state index < -0.39 is 17.4 Å². The molecule has 0 radical (unpaired) electrons. The van der Waals surface area contributed by atoms with Crippen LogP contribution in [0.15, 0.2) is 12.1 Å². The number of hydrogen-bond donors (Lipinski definition) is 3.